The molecule has 0 saturated carbocycles. The lowest BCUT2D eigenvalue weighted by Gasteiger charge is -2.25. The predicted octanol–water partition coefficient (Wildman–Crippen LogP) is 3.52. The molecule has 37 heavy (non-hydrogen) atoms. The van der Waals surface area contributed by atoms with Gasteiger partial charge in [0.1, 0.15) is 21.7 Å². The van der Waals surface area contributed by atoms with Crippen LogP contribution in [0.25, 0.3) is 22.8 Å². The Kier molecular flexibility index (Phi) is 6.28. The van der Waals surface area contributed by atoms with E-state index in [9.17, 15) is 18.5 Å². The summed E-state index contributed by atoms with van der Waals surface area (Å²) >= 11 is 0. The van der Waals surface area contributed by atoms with E-state index in [4.69, 9.17) is 9.26 Å². The number of nitriles is 1. The Balaban J connectivity index is 1.42. The van der Waals surface area contributed by atoms with Crippen molar-refractivity contribution >= 4 is 15.7 Å². The van der Waals surface area contributed by atoms with Crippen molar-refractivity contribution in [1.82, 2.24) is 15.0 Å². The minimum atomic E-state index is -3.15. The first-order valence-electron chi connectivity index (χ1n) is 12.2. The zero-order chi connectivity index (χ0) is 26.4. The van der Waals surface area contributed by atoms with Crippen molar-refractivity contribution in [3.63, 3.8) is 0 Å². The second-order valence-corrected chi connectivity index (χ2v) is 12.4. The molecule has 0 radical (unpaired) electrons. The summed E-state index contributed by atoms with van der Waals surface area (Å²) in [6.07, 6.45) is 3.07. The molecule has 0 bridgehead atoms. The van der Waals surface area contributed by atoms with Gasteiger partial charge in [0.25, 0.3) is 5.89 Å². The van der Waals surface area contributed by atoms with E-state index < -0.39 is 9.84 Å². The molecule has 1 saturated heterocycles. The maximum absolute atomic E-state index is 12.8. The summed E-state index contributed by atoms with van der Waals surface area (Å²) in [6.45, 7) is 4.53. The maximum Gasteiger partial charge on any atom is 0.258 e. The van der Waals surface area contributed by atoms with E-state index >= 15 is 0 Å². The second kappa shape index (κ2) is 9.30. The van der Waals surface area contributed by atoms with Crippen LogP contribution in [0.15, 0.2) is 40.9 Å². The number of likely N-dealkylation sites (tertiary alicyclic amines) is 1. The third-order valence-electron chi connectivity index (χ3n) is 7.05. The Morgan fingerprint density at radius 3 is 2.81 bits per heavy atom. The maximum atomic E-state index is 12.8. The Morgan fingerprint density at radius 2 is 2.08 bits per heavy atom. The highest BCUT2D eigenvalue weighted by atomic mass is 32.2. The molecule has 10 heteroatoms. The monoisotopic (exact) mass is 520 g/mol. The van der Waals surface area contributed by atoms with Crippen LogP contribution in [0.5, 0.6) is 5.75 Å². The number of benzene rings is 2. The molecule has 1 amide bonds. The van der Waals surface area contributed by atoms with Crippen LogP contribution in [0.3, 0.4) is 0 Å². The van der Waals surface area contributed by atoms with Crippen molar-refractivity contribution in [3.05, 3.63) is 53.1 Å². The predicted molar refractivity (Wildman–Crippen MR) is 137 cm³/mol. The third kappa shape index (κ3) is 4.83. The number of carbonyl (C=O) groups is 1. The smallest absolute Gasteiger partial charge is 0.258 e. The first-order chi connectivity index (χ1) is 17.6. The standard InChI is InChI=1S/C27H28N4O5S/c1-17(2)35-23-8-7-18(13-19(23)15-28)26-29-25(30-36-26)21-5-4-6-22-20(21)9-10-27(22)14-24(32)31(16-27)11-12-37(3,33)34/h4-8,13,17H,9-12,14,16H2,1-3H3. The summed E-state index contributed by atoms with van der Waals surface area (Å²) in [6, 6.07) is 13.3. The first-order valence-corrected chi connectivity index (χ1v) is 14.3. The molecular formula is C27H28N4O5S. The van der Waals surface area contributed by atoms with E-state index in [1.54, 1.807) is 23.1 Å². The van der Waals surface area contributed by atoms with E-state index in [1.807, 2.05) is 32.0 Å². The summed E-state index contributed by atoms with van der Waals surface area (Å²) in [5, 5.41) is 13.8. The number of aromatic nitrogens is 2. The van der Waals surface area contributed by atoms with Gasteiger partial charge in [-0.3, -0.25) is 4.79 Å². The minimum Gasteiger partial charge on any atom is -0.490 e. The zero-order valence-corrected chi connectivity index (χ0v) is 21.8. The number of amides is 1. The highest BCUT2D eigenvalue weighted by Gasteiger charge is 2.48. The first kappa shape index (κ1) is 25.0. The average molecular weight is 521 g/mol. The summed E-state index contributed by atoms with van der Waals surface area (Å²) in [4.78, 5) is 19.1. The quantitative estimate of drug-likeness (QED) is 0.463. The zero-order valence-electron chi connectivity index (χ0n) is 21.0. The number of hydrogen-bond acceptors (Lipinski definition) is 8. The summed E-state index contributed by atoms with van der Waals surface area (Å²) in [7, 11) is -3.15. The molecule has 2 aliphatic rings. The molecule has 1 aromatic heterocycles. The van der Waals surface area contributed by atoms with Crippen molar-refractivity contribution in [2.75, 3.05) is 25.1 Å². The van der Waals surface area contributed by atoms with Gasteiger partial charge in [-0.05, 0) is 56.0 Å². The van der Waals surface area contributed by atoms with E-state index in [0.29, 0.717) is 41.6 Å². The summed E-state index contributed by atoms with van der Waals surface area (Å²) < 4.78 is 34.5. The van der Waals surface area contributed by atoms with Crippen molar-refractivity contribution in [1.29, 1.82) is 5.26 Å². The molecule has 9 nitrogen and oxygen atoms in total. The van der Waals surface area contributed by atoms with Gasteiger partial charge in [-0.15, -0.1) is 0 Å². The Bertz CT molecular complexity index is 1520. The average Bonchev–Trinajstić information content (AvgIpc) is 3.55. The molecule has 1 aliphatic heterocycles. The van der Waals surface area contributed by atoms with Crippen molar-refractivity contribution in [2.24, 2.45) is 0 Å². The lowest BCUT2D eigenvalue weighted by molar-refractivity contribution is -0.127. The number of rotatable bonds is 7. The van der Waals surface area contributed by atoms with Gasteiger partial charge >= 0.3 is 0 Å². The third-order valence-corrected chi connectivity index (χ3v) is 7.97. The fraction of sp³-hybridized carbons (Fsp3) is 0.407. The second-order valence-electron chi connectivity index (χ2n) is 10.1. The van der Waals surface area contributed by atoms with Crippen LogP contribution in [0.1, 0.15) is 43.4 Å². The lowest BCUT2D eigenvalue weighted by atomic mass is 9.80. The normalized spacial score (nSPS) is 19.0. The molecule has 2 aromatic carbocycles. The van der Waals surface area contributed by atoms with Gasteiger partial charge in [0.2, 0.25) is 11.7 Å². The number of nitrogens with zero attached hydrogens (tertiary/aromatic N) is 4. The minimum absolute atomic E-state index is 0.0121. The van der Waals surface area contributed by atoms with Crippen molar-refractivity contribution in [2.45, 2.75) is 44.6 Å². The number of fused-ring (bicyclic) bond motifs is 2. The number of ether oxygens (including phenoxy) is 1. The van der Waals surface area contributed by atoms with Crippen LogP contribution in [0.2, 0.25) is 0 Å². The van der Waals surface area contributed by atoms with Gasteiger partial charge in [-0.1, -0.05) is 23.4 Å². The van der Waals surface area contributed by atoms with E-state index in [0.717, 1.165) is 29.5 Å². The molecule has 3 aromatic rings. The highest BCUT2D eigenvalue weighted by molar-refractivity contribution is 7.90. The topological polar surface area (TPSA) is 126 Å². The molecule has 1 atom stereocenters. The summed E-state index contributed by atoms with van der Waals surface area (Å²) in [5.41, 5.74) is 3.71. The van der Waals surface area contributed by atoms with Gasteiger partial charge < -0.3 is 14.2 Å². The SMILES string of the molecule is CC(C)Oc1ccc(-c2nc(-c3cccc4c3CCC43CC(=O)N(CCS(C)(=O)=O)C3)no2)cc1C#N. The van der Waals surface area contributed by atoms with Crippen molar-refractivity contribution < 1.29 is 22.5 Å². The van der Waals surface area contributed by atoms with Crippen LogP contribution in [-0.4, -0.2) is 60.6 Å². The lowest BCUT2D eigenvalue weighted by Crippen LogP contribution is -2.33. The Morgan fingerprint density at radius 1 is 1.27 bits per heavy atom. The number of sulfone groups is 1. The van der Waals surface area contributed by atoms with Crippen molar-refractivity contribution in [3.8, 4) is 34.7 Å². The molecule has 1 aliphatic carbocycles. The van der Waals surface area contributed by atoms with Gasteiger partial charge in [-0.25, -0.2) is 8.42 Å². The fourth-order valence-corrected chi connectivity index (χ4v) is 5.91. The molecular weight excluding hydrogens is 492 g/mol. The molecule has 5 rings (SSSR count). The van der Waals surface area contributed by atoms with Crippen LogP contribution in [0.4, 0.5) is 0 Å². The Hall–Kier alpha value is -3.71. The molecule has 1 fully saturated rings. The van der Waals surface area contributed by atoms with Crippen LogP contribution >= 0.6 is 0 Å². The highest BCUT2D eigenvalue weighted by Crippen LogP contribution is 2.48. The van der Waals surface area contributed by atoms with Gasteiger partial charge in [0.15, 0.2) is 0 Å². The number of hydrogen-bond donors (Lipinski definition) is 0. The fourth-order valence-electron chi connectivity index (χ4n) is 5.36. The molecule has 1 spiro atoms. The molecule has 0 N–H and O–H groups in total. The molecule has 2 heterocycles. The Labute approximate surface area is 216 Å². The van der Waals surface area contributed by atoms with Gasteiger partial charge in [-0.2, -0.15) is 10.2 Å². The molecule has 192 valence electrons. The van der Waals surface area contributed by atoms with E-state index in [-0.39, 0.29) is 29.7 Å². The summed E-state index contributed by atoms with van der Waals surface area (Å²) in [5.74, 6) is 1.20. The number of carbonyl (C=O) groups excluding carboxylic acids is 1. The van der Waals surface area contributed by atoms with Crippen LogP contribution in [0, 0.1) is 11.3 Å². The van der Waals surface area contributed by atoms with Gasteiger partial charge in [0.05, 0.1) is 17.4 Å². The van der Waals surface area contributed by atoms with E-state index in [1.165, 1.54) is 6.26 Å². The van der Waals surface area contributed by atoms with Crippen LogP contribution in [-0.2, 0) is 26.5 Å². The largest absolute Gasteiger partial charge is 0.490 e. The van der Waals surface area contributed by atoms with Crippen LogP contribution < -0.4 is 4.74 Å². The molecule has 1 unspecified atom stereocenters. The van der Waals surface area contributed by atoms with Gasteiger partial charge in [0, 0.05) is 42.3 Å². The van der Waals surface area contributed by atoms with E-state index in [2.05, 4.69) is 16.2 Å².